The molecule has 1 unspecified atom stereocenters. The highest BCUT2D eigenvalue weighted by atomic mass is 19.1. The fourth-order valence-electron chi connectivity index (χ4n) is 2.42. The molecule has 3 aromatic rings. The zero-order valence-corrected chi connectivity index (χ0v) is 14.0. The van der Waals surface area contributed by atoms with E-state index in [4.69, 9.17) is 4.42 Å². The first kappa shape index (κ1) is 17.4. The normalized spacial score (nSPS) is 11.6. The first-order chi connectivity index (χ1) is 12.5. The van der Waals surface area contributed by atoms with Gasteiger partial charge in [-0.25, -0.2) is 4.39 Å². The van der Waals surface area contributed by atoms with E-state index in [-0.39, 0.29) is 29.4 Å². The van der Waals surface area contributed by atoms with E-state index in [2.05, 4.69) is 10.6 Å². The summed E-state index contributed by atoms with van der Waals surface area (Å²) in [6.07, 6.45) is 1.42. The SMILES string of the molecule is CC(NC(=O)c1ccc(NC(=O)c2ccco2)cc1)c1ccc(F)cc1. The standard InChI is InChI=1S/C20H17FN2O3/c1-13(14-4-8-16(21)9-5-14)22-19(24)15-6-10-17(11-7-15)23-20(25)18-3-2-12-26-18/h2-13H,1H3,(H,22,24)(H,23,25). The molecule has 0 bridgehead atoms. The minimum absolute atomic E-state index is 0.208. The summed E-state index contributed by atoms with van der Waals surface area (Å²) in [6.45, 7) is 1.82. The van der Waals surface area contributed by atoms with Crippen molar-refractivity contribution >= 4 is 17.5 Å². The molecule has 0 fully saturated rings. The molecular formula is C20H17FN2O3. The number of carbonyl (C=O) groups excluding carboxylic acids is 2. The second-order valence-electron chi connectivity index (χ2n) is 5.76. The summed E-state index contributed by atoms with van der Waals surface area (Å²) in [5.41, 5.74) is 1.81. The maximum absolute atomic E-state index is 13.0. The van der Waals surface area contributed by atoms with E-state index in [1.807, 2.05) is 6.92 Å². The molecule has 2 amide bonds. The number of amides is 2. The lowest BCUT2D eigenvalue weighted by atomic mass is 10.1. The highest BCUT2D eigenvalue weighted by Crippen LogP contribution is 2.15. The van der Waals surface area contributed by atoms with E-state index >= 15 is 0 Å². The molecule has 0 saturated carbocycles. The number of benzene rings is 2. The van der Waals surface area contributed by atoms with Crippen LogP contribution in [0.15, 0.2) is 71.3 Å². The van der Waals surface area contributed by atoms with Gasteiger partial charge in [-0.05, 0) is 61.0 Å². The van der Waals surface area contributed by atoms with Gasteiger partial charge in [0.1, 0.15) is 5.82 Å². The number of anilines is 1. The molecule has 1 heterocycles. The highest BCUT2D eigenvalue weighted by Gasteiger charge is 2.13. The largest absolute Gasteiger partial charge is 0.459 e. The Labute approximate surface area is 149 Å². The topological polar surface area (TPSA) is 71.3 Å². The number of hydrogen-bond donors (Lipinski definition) is 2. The average molecular weight is 352 g/mol. The quantitative estimate of drug-likeness (QED) is 0.724. The van der Waals surface area contributed by atoms with E-state index in [1.54, 1.807) is 48.5 Å². The number of hydrogen-bond acceptors (Lipinski definition) is 3. The minimum atomic E-state index is -0.364. The third kappa shape index (κ3) is 4.16. The van der Waals surface area contributed by atoms with Gasteiger partial charge in [0.2, 0.25) is 0 Å². The molecule has 132 valence electrons. The van der Waals surface area contributed by atoms with Crippen LogP contribution in [-0.4, -0.2) is 11.8 Å². The average Bonchev–Trinajstić information content (AvgIpc) is 3.17. The molecule has 0 radical (unpaired) electrons. The summed E-state index contributed by atoms with van der Waals surface area (Å²) >= 11 is 0. The van der Waals surface area contributed by atoms with Crippen LogP contribution in [0, 0.1) is 5.82 Å². The summed E-state index contributed by atoms with van der Waals surface area (Å²) in [7, 11) is 0. The molecule has 5 nitrogen and oxygen atoms in total. The molecular weight excluding hydrogens is 335 g/mol. The maximum atomic E-state index is 13.0. The zero-order chi connectivity index (χ0) is 18.5. The molecule has 0 aliphatic rings. The van der Waals surface area contributed by atoms with Crippen molar-refractivity contribution in [1.29, 1.82) is 0 Å². The summed E-state index contributed by atoms with van der Waals surface area (Å²) in [6, 6.07) is 15.4. The van der Waals surface area contributed by atoms with Crippen LogP contribution in [-0.2, 0) is 0 Å². The minimum Gasteiger partial charge on any atom is -0.459 e. The van der Waals surface area contributed by atoms with Crippen molar-refractivity contribution < 1.29 is 18.4 Å². The van der Waals surface area contributed by atoms with E-state index in [0.29, 0.717) is 11.3 Å². The third-order valence-electron chi connectivity index (χ3n) is 3.87. The second-order valence-corrected chi connectivity index (χ2v) is 5.76. The first-order valence-corrected chi connectivity index (χ1v) is 8.04. The second kappa shape index (κ2) is 7.65. The van der Waals surface area contributed by atoms with E-state index in [0.717, 1.165) is 5.56 Å². The highest BCUT2D eigenvalue weighted by molar-refractivity contribution is 6.02. The van der Waals surface area contributed by atoms with Gasteiger partial charge in [-0.2, -0.15) is 0 Å². The Bertz CT molecular complexity index is 888. The smallest absolute Gasteiger partial charge is 0.291 e. The monoisotopic (exact) mass is 352 g/mol. The molecule has 0 spiro atoms. The van der Waals surface area contributed by atoms with Crippen LogP contribution in [0.4, 0.5) is 10.1 Å². The van der Waals surface area contributed by atoms with Crippen LogP contribution in [0.5, 0.6) is 0 Å². The predicted octanol–water partition coefficient (Wildman–Crippen LogP) is 4.16. The molecule has 1 aromatic heterocycles. The molecule has 0 saturated heterocycles. The van der Waals surface area contributed by atoms with E-state index < -0.39 is 0 Å². The van der Waals surface area contributed by atoms with Gasteiger partial charge in [-0.1, -0.05) is 12.1 Å². The summed E-state index contributed by atoms with van der Waals surface area (Å²) in [5, 5.41) is 5.53. The van der Waals surface area contributed by atoms with Crippen LogP contribution in [0.25, 0.3) is 0 Å². The fourth-order valence-corrected chi connectivity index (χ4v) is 2.42. The Morgan fingerprint density at radius 1 is 0.962 bits per heavy atom. The van der Waals surface area contributed by atoms with Crippen LogP contribution >= 0.6 is 0 Å². The molecule has 0 aliphatic carbocycles. The predicted molar refractivity (Wildman–Crippen MR) is 95.4 cm³/mol. The van der Waals surface area contributed by atoms with Crippen molar-refractivity contribution in [2.24, 2.45) is 0 Å². The molecule has 2 aromatic carbocycles. The van der Waals surface area contributed by atoms with Crippen LogP contribution in [0.3, 0.4) is 0 Å². The van der Waals surface area contributed by atoms with Crippen molar-refractivity contribution in [2.45, 2.75) is 13.0 Å². The van der Waals surface area contributed by atoms with E-state index in [1.165, 1.54) is 18.4 Å². The van der Waals surface area contributed by atoms with Crippen molar-refractivity contribution in [3.63, 3.8) is 0 Å². The van der Waals surface area contributed by atoms with Gasteiger partial charge >= 0.3 is 0 Å². The Kier molecular flexibility index (Phi) is 5.12. The molecule has 1 atom stereocenters. The summed E-state index contributed by atoms with van der Waals surface area (Å²) in [4.78, 5) is 24.2. The van der Waals surface area contributed by atoms with Crippen LogP contribution in [0.2, 0.25) is 0 Å². The summed E-state index contributed by atoms with van der Waals surface area (Å²) in [5.74, 6) is -0.734. The Hall–Kier alpha value is -3.41. The Morgan fingerprint density at radius 3 is 2.27 bits per heavy atom. The number of carbonyl (C=O) groups is 2. The number of rotatable bonds is 5. The van der Waals surface area contributed by atoms with Gasteiger partial charge < -0.3 is 15.1 Å². The van der Waals surface area contributed by atoms with Gasteiger partial charge in [0, 0.05) is 11.3 Å². The Balaban J connectivity index is 1.61. The van der Waals surface area contributed by atoms with Crippen molar-refractivity contribution in [3.05, 3.63) is 89.6 Å². The van der Waals surface area contributed by atoms with Crippen molar-refractivity contribution in [3.8, 4) is 0 Å². The lowest BCUT2D eigenvalue weighted by Crippen LogP contribution is -2.26. The molecule has 3 rings (SSSR count). The third-order valence-corrected chi connectivity index (χ3v) is 3.87. The lowest BCUT2D eigenvalue weighted by Gasteiger charge is -2.14. The molecule has 6 heteroatoms. The lowest BCUT2D eigenvalue weighted by molar-refractivity contribution is 0.0939. The Morgan fingerprint density at radius 2 is 1.65 bits per heavy atom. The van der Waals surface area contributed by atoms with Gasteiger partial charge in [0.15, 0.2) is 5.76 Å². The maximum Gasteiger partial charge on any atom is 0.291 e. The van der Waals surface area contributed by atoms with Gasteiger partial charge in [-0.15, -0.1) is 0 Å². The zero-order valence-electron chi connectivity index (χ0n) is 14.0. The number of halogens is 1. The fraction of sp³-hybridized carbons (Fsp3) is 0.100. The van der Waals surface area contributed by atoms with Gasteiger partial charge in [-0.3, -0.25) is 9.59 Å². The van der Waals surface area contributed by atoms with Crippen molar-refractivity contribution in [2.75, 3.05) is 5.32 Å². The summed E-state index contributed by atoms with van der Waals surface area (Å²) < 4.78 is 18.0. The number of furan rings is 1. The molecule has 2 N–H and O–H groups in total. The molecule has 26 heavy (non-hydrogen) atoms. The van der Waals surface area contributed by atoms with Crippen LogP contribution < -0.4 is 10.6 Å². The van der Waals surface area contributed by atoms with Gasteiger partial charge in [0.05, 0.1) is 12.3 Å². The molecule has 0 aliphatic heterocycles. The number of nitrogens with one attached hydrogen (secondary N) is 2. The van der Waals surface area contributed by atoms with Crippen molar-refractivity contribution in [1.82, 2.24) is 5.32 Å². The first-order valence-electron chi connectivity index (χ1n) is 8.04. The van der Waals surface area contributed by atoms with E-state index in [9.17, 15) is 14.0 Å². The van der Waals surface area contributed by atoms with Crippen LogP contribution in [0.1, 0.15) is 39.4 Å². The van der Waals surface area contributed by atoms with Gasteiger partial charge in [0.25, 0.3) is 11.8 Å².